The van der Waals surface area contributed by atoms with Gasteiger partial charge < -0.3 is 5.32 Å². The van der Waals surface area contributed by atoms with Crippen LogP contribution < -0.4 is 10.0 Å². The molecule has 0 spiro atoms. The SMILES string of the molecule is C[C@@H](NC(=O)c1ccc(Br)cc1NS(=O)(=O)c1nccc2sncc12)c1ccccc1. The van der Waals surface area contributed by atoms with E-state index in [0.717, 1.165) is 5.56 Å². The molecular weight excluding hydrogens is 500 g/mol. The van der Waals surface area contributed by atoms with Crippen molar-refractivity contribution in [2.45, 2.75) is 18.0 Å². The molecule has 0 bridgehead atoms. The highest BCUT2D eigenvalue weighted by Crippen LogP contribution is 2.28. The van der Waals surface area contributed by atoms with E-state index in [1.54, 1.807) is 24.3 Å². The summed E-state index contributed by atoms with van der Waals surface area (Å²) >= 11 is 4.53. The molecule has 0 aliphatic rings. The van der Waals surface area contributed by atoms with Crippen molar-refractivity contribution in [1.82, 2.24) is 14.7 Å². The summed E-state index contributed by atoms with van der Waals surface area (Å²) in [5, 5.41) is 3.20. The molecule has 4 rings (SSSR count). The van der Waals surface area contributed by atoms with Gasteiger partial charge in [-0.15, -0.1) is 0 Å². The number of sulfonamides is 1. The number of hydrogen-bond donors (Lipinski definition) is 2. The number of aromatic nitrogens is 2. The second-order valence-corrected chi connectivity index (χ2v) is 10.1. The van der Waals surface area contributed by atoms with Gasteiger partial charge in [0.05, 0.1) is 33.6 Å². The van der Waals surface area contributed by atoms with Crippen LogP contribution in [0.5, 0.6) is 0 Å². The van der Waals surface area contributed by atoms with Gasteiger partial charge in [0.2, 0.25) is 0 Å². The minimum absolute atomic E-state index is 0.136. The molecule has 0 fully saturated rings. The molecule has 1 amide bonds. The van der Waals surface area contributed by atoms with Gasteiger partial charge in [0.15, 0.2) is 5.03 Å². The van der Waals surface area contributed by atoms with E-state index in [-0.39, 0.29) is 22.3 Å². The number of anilines is 1. The molecule has 0 aliphatic heterocycles. The fourth-order valence-corrected chi connectivity index (χ4v) is 5.35. The third-order valence-corrected chi connectivity index (χ3v) is 7.20. The van der Waals surface area contributed by atoms with E-state index in [2.05, 4.69) is 35.3 Å². The molecular formula is C21H17BrN4O3S2. The average molecular weight is 517 g/mol. The van der Waals surface area contributed by atoms with Crippen molar-refractivity contribution in [3.05, 3.63) is 82.6 Å². The second-order valence-electron chi connectivity index (χ2n) is 6.75. The van der Waals surface area contributed by atoms with Gasteiger partial charge >= 0.3 is 0 Å². The van der Waals surface area contributed by atoms with E-state index in [1.165, 1.54) is 23.9 Å². The monoisotopic (exact) mass is 516 g/mol. The van der Waals surface area contributed by atoms with Crippen molar-refractivity contribution >= 4 is 59.2 Å². The summed E-state index contributed by atoms with van der Waals surface area (Å²) in [5.41, 5.74) is 1.29. The Labute approximate surface area is 191 Å². The first kappa shape index (κ1) is 21.4. The summed E-state index contributed by atoms with van der Waals surface area (Å²) in [6.45, 7) is 1.87. The van der Waals surface area contributed by atoms with E-state index < -0.39 is 15.9 Å². The molecule has 1 atom stereocenters. The van der Waals surface area contributed by atoms with Crippen LogP contribution in [0.25, 0.3) is 10.1 Å². The highest BCUT2D eigenvalue weighted by atomic mass is 79.9. The quantitative estimate of drug-likeness (QED) is 0.385. The van der Waals surface area contributed by atoms with Gasteiger partial charge in [-0.25, -0.2) is 4.98 Å². The van der Waals surface area contributed by atoms with E-state index in [4.69, 9.17) is 0 Å². The fourth-order valence-electron chi connectivity index (χ4n) is 3.08. The first-order valence-corrected chi connectivity index (χ1v) is 12.3. The molecule has 4 aromatic rings. The van der Waals surface area contributed by atoms with Crippen molar-refractivity contribution in [1.29, 1.82) is 0 Å². The number of nitrogens with one attached hydrogen (secondary N) is 2. The summed E-state index contributed by atoms with van der Waals surface area (Å²) < 4.78 is 34.1. The second kappa shape index (κ2) is 8.74. The minimum Gasteiger partial charge on any atom is -0.345 e. The molecule has 31 heavy (non-hydrogen) atoms. The number of rotatable bonds is 6. The minimum atomic E-state index is -4.06. The third-order valence-electron chi connectivity index (χ3n) is 4.62. The van der Waals surface area contributed by atoms with Crippen LogP contribution >= 0.6 is 27.5 Å². The summed E-state index contributed by atoms with van der Waals surface area (Å²) in [6, 6.07) is 15.8. The number of halogens is 1. The van der Waals surface area contributed by atoms with Crippen molar-refractivity contribution in [3.63, 3.8) is 0 Å². The predicted molar refractivity (Wildman–Crippen MR) is 125 cm³/mol. The molecule has 0 aliphatic carbocycles. The zero-order chi connectivity index (χ0) is 22.0. The lowest BCUT2D eigenvalue weighted by atomic mass is 10.1. The predicted octanol–water partition coefficient (Wildman–Crippen LogP) is 4.75. The van der Waals surface area contributed by atoms with Crippen molar-refractivity contribution in [2.75, 3.05) is 4.72 Å². The molecule has 158 valence electrons. The Morgan fingerprint density at radius 1 is 1.13 bits per heavy atom. The van der Waals surface area contributed by atoms with Crippen molar-refractivity contribution in [3.8, 4) is 0 Å². The molecule has 2 N–H and O–H groups in total. The van der Waals surface area contributed by atoms with Gasteiger partial charge in [-0.2, -0.15) is 12.8 Å². The average Bonchev–Trinajstić information content (AvgIpc) is 3.23. The molecule has 0 unspecified atom stereocenters. The molecule has 0 saturated carbocycles. The standard InChI is InChI=1S/C21H17BrN4O3S2/c1-13(14-5-3-2-4-6-14)25-20(27)16-8-7-15(22)11-18(16)26-31(28,29)21-17-12-24-30-19(17)9-10-23-21/h2-13,26H,1H3,(H,25,27)/t13-/m1/s1. The maximum absolute atomic E-state index is 13.1. The van der Waals surface area contributed by atoms with E-state index in [0.29, 0.717) is 14.6 Å². The Morgan fingerprint density at radius 3 is 2.68 bits per heavy atom. The Bertz CT molecular complexity index is 1360. The number of hydrogen-bond acceptors (Lipinski definition) is 6. The lowest BCUT2D eigenvalue weighted by molar-refractivity contribution is 0.0941. The number of nitrogens with zero attached hydrogens (tertiary/aromatic N) is 2. The van der Waals surface area contributed by atoms with Crippen molar-refractivity contribution in [2.24, 2.45) is 0 Å². The van der Waals surface area contributed by atoms with Gasteiger partial charge in [-0.05, 0) is 48.3 Å². The summed E-state index contributed by atoms with van der Waals surface area (Å²) in [5.74, 6) is -0.398. The number of fused-ring (bicyclic) bond motifs is 1. The maximum Gasteiger partial charge on any atom is 0.280 e. The highest BCUT2D eigenvalue weighted by molar-refractivity contribution is 9.10. The van der Waals surface area contributed by atoms with Gasteiger partial charge in [-0.1, -0.05) is 46.3 Å². The number of carbonyl (C=O) groups excluding carboxylic acids is 1. The molecule has 2 aromatic heterocycles. The molecule has 10 heteroatoms. The van der Waals surface area contributed by atoms with E-state index in [1.807, 2.05) is 37.3 Å². The van der Waals surface area contributed by atoms with E-state index in [9.17, 15) is 13.2 Å². The molecule has 0 saturated heterocycles. The highest BCUT2D eigenvalue weighted by Gasteiger charge is 2.24. The van der Waals surface area contributed by atoms with Gasteiger partial charge in [-0.3, -0.25) is 9.52 Å². The number of carbonyl (C=O) groups is 1. The number of amides is 1. The van der Waals surface area contributed by atoms with E-state index >= 15 is 0 Å². The third kappa shape index (κ3) is 4.60. The first-order chi connectivity index (χ1) is 14.8. The Kier molecular flexibility index (Phi) is 6.03. The zero-order valence-electron chi connectivity index (χ0n) is 16.2. The van der Waals surface area contributed by atoms with Crippen LogP contribution in [0.1, 0.15) is 28.9 Å². The van der Waals surface area contributed by atoms with Crippen LogP contribution in [0.3, 0.4) is 0 Å². The number of pyridine rings is 1. The Balaban J connectivity index is 1.65. The summed E-state index contributed by atoms with van der Waals surface area (Å²) in [7, 11) is -4.06. The van der Waals surface area contributed by atoms with Crippen LogP contribution in [0.4, 0.5) is 5.69 Å². The normalized spacial score (nSPS) is 12.5. The molecule has 7 nitrogen and oxygen atoms in total. The Morgan fingerprint density at radius 2 is 1.90 bits per heavy atom. The smallest absolute Gasteiger partial charge is 0.280 e. The lowest BCUT2D eigenvalue weighted by Crippen LogP contribution is -2.28. The topological polar surface area (TPSA) is 101 Å². The first-order valence-electron chi connectivity index (χ1n) is 9.23. The van der Waals surface area contributed by atoms with Crippen LogP contribution in [-0.2, 0) is 10.0 Å². The van der Waals surface area contributed by atoms with Gasteiger partial charge in [0.25, 0.3) is 15.9 Å². The largest absolute Gasteiger partial charge is 0.345 e. The Hall–Kier alpha value is -2.82. The summed E-state index contributed by atoms with van der Waals surface area (Å²) in [4.78, 5) is 17.0. The summed E-state index contributed by atoms with van der Waals surface area (Å²) in [6.07, 6.45) is 2.89. The van der Waals surface area contributed by atoms with Crippen molar-refractivity contribution < 1.29 is 13.2 Å². The lowest BCUT2D eigenvalue weighted by Gasteiger charge is -2.17. The number of benzene rings is 2. The van der Waals surface area contributed by atoms with Gasteiger partial charge in [0, 0.05) is 10.7 Å². The zero-order valence-corrected chi connectivity index (χ0v) is 19.5. The van der Waals surface area contributed by atoms with Crippen LogP contribution in [0.2, 0.25) is 0 Å². The van der Waals surface area contributed by atoms with Crippen LogP contribution in [0, 0.1) is 0 Å². The van der Waals surface area contributed by atoms with Crippen LogP contribution in [-0.4, -0.2) is 23.7 Å². The maximum atomic E-state index is 13.1. The molecule has 2 aromatic carbocycles. The van der Waals surface area contributed by atoms with Gasteiger partial charge in [0.1, 0.15) is 0 Å². The fraction of sp³-hybridized carbons (Fsp3) is 0.0952. The molecule has 2 heterocycles. The van der Waals surface area contributed by atoms with Crippen LogP contribution in [0.15, 0.2) is 76.5 Å². The molecule has 0 radical (unpaired) electrons.